The van der Waals surface area contributed by atoms with Gasteiger partial charge in [0.2, 0.25) is 0 Å². The molecule has 2 aliphatic rings. The van der Waals surface area contributed by atoms with Gasteiger partial charge in [-0.2, -0.15) is 0 Å². The molecule has 5 heteroatoms. The largest absolute Gasteiger partial charge is 0.486 e. The standard InChI is InChI=1S/C15H18ClNO3/c1-15(2)6-9-3-8(4-11(16)13(9)20-15)12-5-10(7-17-12)14(18)19/h3-4,10,12,17H,5-7H2,1-2H3,(H,18,19). The summed E-state index contributed by atoms with van der Waals surface area (Å²) in [5, 5.41) is 12.9. The minimum absolute atomic E-state index is 0.0580. The van der Waals surface area contributed by atoms with Crippen LogP contribution in [0.1, 0.15) is 37.4 Å². The molecule has 0 bridgehead atoms. The number of nitrogens with one attached hydrogen (secondary N) is 1. The number of aliphatic carboxylic acids is 1. The van der Waals surface area contributed by atoms with Crippen LogP contribution in [0.3, 0.4) is 0 Å². The molecule has 4 nitrogen and oxygen atoms in total. The van der Waals surface area contributed by atoms with Crippen molar-refractivity contribution < 1.29 is 14.6 Å². The van der Waals surface area contributed by atoms with E-state index in [-0.39, 0.29) is 17.6 Å². The molecule has 2 heterocycles. The van der Waals surface area contributed by atoms with Gasteiger partial charge in [-0.05, 0) is 37.5 Å². The maximum atomic E-state index is 11.0. The van der Waals surface area contributed by atoms with Gasteiger partial charge < -0.3 is 15.2 Å². The number of rotatable bonds is 2. The number of fused-ring (bicyclic) bond motifs is 1. The Morgan fingerprint density at radius 2 is 2.25 bits per heavy atom. The zero-order valence-corrected chi connectivity index (χ0v) is 12.3. The van der Waals surface area contributed by atoms with Crippen LogP contribution in [0, 0.1) is 5.92 Å². The fourth-order valence-corrected chi connectivity index (χ4v) is 3.36. The fraction of sp³-hybridized carbons (Fsp3) is 0.533. The summed E-state index contributed by atoms with van der Waals surface area (Å²) in [6.07, 6.45) is 1.43. The fourth-order valence-electron chi connectivity index (χ4n) is 3.07. The number of ether oxygens (including phenoxy) is 1. The lowest BCUT2D eigenvalue weighted by Crippen LogP contribution is -2.24. The van der Waals surface area contributed by atoms with Crippen molar-refractivity contribution in [1.29, 1.82) is 0 Å². The molecule has 1 aromatic carbocycles. The van der Waals surface area contributed by atoms with E-state index in [4.69, 9.17) is 21.4 Å². The zero-order valence-electron chi connectivity index (χ0n) is 11.6. The molecule has 1 saturated heterocycles. The zero-order chi connectivity index (χ0) is 14.5. The number of halogens is 1. The first-order valence-electron chi connectivity index (χ1n) is 6.83. The molecule has 3 rings (SSSR count). The molecule has 0 spiro atoms. The lowest BCUT2D eigenvalue weighted by atomic mass is 9.95. The average molecular weight is 296 g/mol. The van der Waals surface area contributed by atoms with Gasteiger partial charge in [-0.3, -0.25) is 4.79 Å². The third kappa shape index (κ3) is 2.38. The molecule has 2 aliphatic heterocycles. The molecule has 0 saturated carbocycles. The molecule has 1 aromatic rings. The van der Waals surface area contributed by atoms with Gasteiger partial charge in [0.1, 0.15) is 11.4 Å². The van der Waals surface area contributed by atoms with E-state index in [1.807, 2.05) is 19.9 Å². The number of carboxylic acids is 1. The Labute approximate surface area is 123 Å². The van der Waals surface area contributed by atoms with Gasteiger partial charge in [-0.15, -0.1) is 0 Å². The molecule has 0 aromatic heterocycles. The van der Waals surface area contributed by atoms with E-state index in [2.05, 4.69) is 11.4 Å². The summed E-state index contributed by atoms with van der Waals surface area (Å²) in [4.78, 5) is 11.0. The number of hydrogen-bond acceptors (Lipinski definition) is 3. The Kier molecular flexibility index (Phi) is 3.18. The van der Waals surface area contributed by atoms with Crippen LogP contribution >= 0.6 is 11.6 Å². The van der Waals surface area contributed by atoms with Gasteiger partial charge >= 0.3 is 5.97 Å². The van der Waals surface area contributed by atoms with Crippen molar-refractivity contribution in [2.45, 2.75) is 38.3 Å². The highest BCUT2D eigenvalue weighted by atomic mass is 35.5. The highest BCUT2D eigenvalue weighted by Gasteiger charge is 2.35. The molecular weight excluding hydrogens is 278 g/mol. The second kappa shape index (κ2) is 4.64. The Morgan fingerprint density at radius 3 is 2.90 bits per heavy atom. The Morgan fingerprint density at radius 1 is 1.50 bits per heavy atom. The van der Waals surface area contributed by atoms with Crippen molar-refractivity contribution in [1.82, 2.24) is 5.32 Å². The molecule has 0 aliphatic carbocycles. The Bertz CT molecular complexity index is 570. The summed E-state index contributed by atoms with van der Waals surface area (Å²) in [5.74, 6) is -0.287. The van der Waals surface area contributed by atoms with Crippen molar-refractivity contribution >= 4 is 17.6 Å². The number of benzene rings is 1. The van der Waals surface area contributed by atoms with Gasteiger partial charge in [0.25, 0.3) is 0 Å². The first-order valence-corrected chi connectivity index (χ1v) is 7.21. The maximum absolute atomic E-state index is 11.0. The van der Waals surface area contributed by atoms with Gasteiger partial charge in [-0.25, -0.2) is 0 Å². The van der Waals surface area contributed by atoms with E-state index in [1.165, 1.54) is 0 Å². The number of carbonyl (C=O) groups is 1. The van der Waals surface area contributed by atoms with Crippen molar-refractivity contribution in [3.05, 3.63) is 28.3 Å². The molecule has 0 radical (unpaired) electrons. The minimum Gasteiger partial charge on any atom is -0.486 e. The van der Waals surface area contributed by atoms with Gasteiger partial charge in [-0.1, -0.05) is 17.7 Å². The van der Waals surface area contributed by atoms with E-state index in [1.54, 1.807) is 0 Å². The van der Waals surface area contributed by atoms with Gasteiger partial charge in [0, 0.05) is 19.0 Å². The van der Waals surface area contributed by atoms with Crippen LogP contribution in [0.2, 0.25) is 5.02 Å². The molecule has 20 heavy (non-hydrogen) atoms. The smallest absolute Gasteiger partial charge is 0.307 e. The normalized spacial score (nSPS) is 27.1. The van der Waals surface area contributed by atoms with Gasteiger partial charge in [0.05, 0.1) is 10.9 Å². The van der Waals surface area contributed by atoms with E-state index >= 15 is 0 Å². The molecule has 2 N–H and O–H groups in total. The van der Waals surface area contributed by atoms with Crippen molar-refractivity contribution in [3.8, 4) is 5.75 Å². The molecule has 0 amide bonds. The third-order valence-electron chi connectivity index (χ3n) is 4.02. The number of carboxylic acid groups (broad SMARTS) is 1. The molecule has 108 valence electrons. The predicted molar refractivity (Wildman–Crippen MR) is 76.3 cm³/mol. The SMILES string of the molecule is CC1(C)Cc2cc(C3CC(C(=O)O)CN3)cc(Cl)c2O1. The van der Waals surface area contributed by atoms with Crippen LogP contribution in [0.5, 0.6) is 5.75 Å². The first kappa shape index (κ1) is 13.7. The molecule has 2 unspecified atom stereocenters. The van der Waals surface area contributed by atoms with Crippen LogP contribution in [-0.2, 0) is 11.2 Å². The van der Waals surface area contributed by atoms with Crippen molar-refractivity contribution in [2.24, 2.45) is 5.92 Å². The van der Waals surface area contributed by atoms with Crippen molar-refractivity contribution in [3.63, 3.8) is 0 Å². The summed E-state index contributed by atoms with van der Waals surface area (Å²) in [6.45, 7) is 4.59. The van der Waals surface area contributed by atoms with Crippen molar-refractivity contribution in [2.75, 3.05) is 6.54 Å². The molecule has 1 fully saturated rings. The second-order valence-electron chi connectivity index (χ2n) is 6.26. The summed E-state index contributed by atoms with van der Waals surface area (Å²) in [5.41, 5.74) is 1.94. The van der Waals surface area contributed by atoms with E-state index in [0.717, 1.165) is 23.3 Å². The molecule has 2 atom stereocenters. The van der Waals surface area contributed by atoms with E-state index < -0.39 is 5.97 Å². The van der Waals surface area contributed by atoms with E-state index in [0.29, 0.717) is 18.0 Å². The Balaban J connectivity index is 1.87. The molecular formula is C15H18ClNO3. The van der Waals surface area contributed by atoms with Crippen LogP contribution < -0.4 is 10.1 Å². The monoisotopic (exact) mass is 295 g/mol. The quantitative estimate of drug-likeness (QED) is 0.881. The highest BCUT2D eigenvalue weighted by Crippen LogP contribution is 2.42. The van der Waals surface area contributed by atoms with Crippen LogP contribution in [0.4, 0.5) is 0 Å². The summed E-state index contributed by atoms with van der Waals surface area (Å²) in [7, 11) is 0. The van der Waals surface area contributed by atoms with E-state index in [9.17, 15) is 4.79 Å². The topological polar surface area (TPSA) is 58.6 Å². The van der Waals surface area contributed by atoms with Crippen LogP contribution in [-0.4, -0.2) is 23.2 Å². The lowest BCUT2D eigenvalue weighted by Gasteiger charge is -2.17. The lowest BCUT2D eigenvalue weighted by molar-refractivity contribution is -0.141. The Hall–Kier alpha value is -1.26. The summed E-state index contributed by atoms with van der Waals surface area (Å²) < 4.78 is 5.86. The minimum atomic E-state index is -0.739. The number of hydrogen-bond donors (Lipinski definition) is 2. The van der Waals surface area contributed by atoms with Gasteiger partial charge in [0.15, 0.2) is 0 Å². The highest BCUT2D eigenvalue weighted by molar-refractivity contribution is 6.32. The third-order valence-corrected chi connectivity index (χ3v) is 4.30. The summed E-state index contributed by atoms with van der Waals surface area (Å²) >= 11 is 6.31. The van der Waals surface area contributed by atoms with Crippen LogP contribution in [0.15, 0.2) is 12.1 Å². The average Bonchev–Trinajstić information content (AvgIpc) is 2.92. The first-order chi connectivity index (χ1) is 9.35. The van der Waals surface area contributed by atoms with Crippen LogP contribution in [0.25, 0.3) is 0 Å². The summed E-state index contributed by atoms with van der Waals surface area (Å²) in [6, 6.07) is 4.05. The predicted octanol–water partition coefficient (Wildman–Crippen LogP) is 2.79. The maximum Gasteiger partial charge on any atom is 0.307 e. The second-order valence-corrected chi connectivity index (χ2v) is 6.67.